The van der Waals surface area contributed by atoms with Gasteiger partial charge in [-0.05, 0) is 38.1 Å². The van der Waals surface area contributed by atoms with Gasteiger partial charge in [-0.1, -0.05) is 11.6 Å². The first kappa shape index (κ1) is 10.7. The van der Waals surface area contributed by atoms with E-state index in [4.69, 9.17) is 15.8 Å². The lowest BCUT2D eigenvalue weighted by Crippen LogP contribution is -2.05. The predicted molar refractivity (Wildman–Crippen MR) is 54.1 cm³/mol. The molecule has 0 aliphatic heterocycles. The van der Waals surface area contributed by atoms with E-state index in [1.165, 1.54) is 0 Å². The Morgan fingerprint density at radius 2 is 1.85 bits per heavy atom. The molecule has 0 saturated carbocycles. The van der Waals surface area contributed by atoms with Crippen molar-refractivity contribution < 1.29 is 8.39 Å². The van der Waals surface area contributed by atoms with Gasteiger partial charge in [0, 0.05) is 5.02 Å². The van der Waals surface area contributed by atoms with Crippen molar-refractivity contribution in [2.45, 2.75) is 24.8 Å². The molecule has 0 bridgehead atoms. The van der Waals surface area contributed by atoms with E-state index in [2.05, 4.69) is 0 Å². The van der Waals surface area contributed by atoms with Crippen LogP contribution in [0, 0.1) is 0 Å². The number of hydrogen-bond acceptors (Lipinski definition) is 2. The molecule has 72 valence electrons. The van der Waals surface area contributed by atoms with E-state index < -0.39 is 11.1 Å². The summed E-state index contributed by atoms with van der Waals surface area (Å²) in [6.45, 7) is 3.68. The van der Waals surface area contributed by atoms with Gasteiger partial charge in [0.1, 0.15) is 0 Å². The average molecular weight is 219 g/mol. The highest BCUT2D eigenvalue weighted by molar-refractivity contribution is 7.80. The summed E-state index contributed by atoms with van der Waals surface area (Å²) in [5, 5.41) is 0.630. The summed E-state index contributed by atoms with van der Waals surface area (Å²) in [5.41, 5.74) is 0. The van der Waals surface area contributed by atoms with E-state index in [9.17, 15) is 4.21 Å². The summed E-state index contributed by atoms with van der Waals surface area (Å²) in [6.07, 6.45) is -0.0449. The van der Waals surface area contributed by atoms with Crippen LogP contribution < -0.4 is 0 Å². The number of rotatable bonds is 3. The van der Waals surface area contributed by atoms with Crippen LogP contribution in [0.25, 0.3) is 0 Å². The highest BCUT2D eigenvalue weighted by atomic mass is 35.5. The molecule has 0 N–H and O–H groups in total. The van der Waals surface area contributed by atoms with E-state index in [0.29, 0.717) is 9.92 Å². The fraction of sp³-hybridized carbons (Fsp3) is 0.333. The lowest BCUT2D eigenvalue weighted by atomic mass is 10.4. The van der Waals surface area contributed by atoms with Crippen molar-refractivity contribution in [3.63, 3.8) is 0 Å². The van der Waals surface area contributed by atoms with Crippen LogP contribution in [0.2, 0.25) is 5.02 Å². The maximum absolute atomic E-state index is 11.4. The minimum atomic E-state index is -1.38. The van der Waals surface area contributed by atoms with Crippen molar-refractivity contribution in [2.24, 2.45) is 0 Å². The van der Waals surface area contributed by atoms with Crippen molar-refractivity contribution in [3.8, 4) is 0 Å². The molecule has 0 unspecified atom stereocenters. The van der Waals surface area contributed by atoms with Gasteiger partial charge < -0.3 is 0 Å². The Labute approximate surface area is 85.5 Å². The summed E-state index contributed by atoms with van der Waals surface area (Å²) in [7, 11) is 0. The molecule has 0 amide bonds. The largest absolute Gasteiger partial charge is 0.284 e. The molecule has 2 nitrogen and oxygen atoms in total. The average Bonchev–Trinajstić information content (AvgIpc) is 2.04. The van der Waals surface area contributed by atoms with Crippen molar-refractivity contribution in [1.82, 2.24) is 0 Å². The molecule has 0 heterocycles. The normalized spacial score (nSPS) is 13.2. The minimum Gasteiger partial charge on any atom is -0.284 e. The Hall–Kier alpha value is -0.380. The lowest BCUT2D eigenvalue weighted by Gasteiger charge is -2.05. The Morgan fingerprint density at radius 3 is 2.31 bits per heavy atom. The zero-order valence-corrected chi connectivity index (χ0v) is 9.06. The Bertz CT molecular complexity index is 295. The van der Waals surface area contributed by atoms with E-state index in [0.717, 1.165) is 0 Å². The lowest BCUT2D eigenvalue weighted by molar-refractivity contribution is 0.270. The first-order valence-corrected chi connectivity index (χ1v) is 5.39. The van der Waals surface area contributed by atoms with Gasteiger partial charge >= 0.3 is 0 Å². The minimum absolute atomic E-state index is 0.0449. The summed E-state index contributed by atoms with van der Waals surface area (Å²) >= 11 is 4.30. The van der Waals surface area contributed by atoms with Crippen molar-refractivity contribution >= 4 is 22.7 Å². The van der Waals surface area contributed by atoms with Gasteiger partial charge in [-0.15, -0.1) is 0 Å². The van der Waals surface area contributed by atoms with Gasteiger partial charge in [0.05, 0.1) is 11.0 Å². The highest BCUT2D eigenvalue weighted by Crippen LogP contribution is 2.14. The van der Waals surface area contributed by atoms with E-state index in [-0.39, 0.29) is 6.10 Å². The predicted octanol–water partition coefficient (Wildman–Crippen LogP) is 2.79. The molecule has 1 atom stereocenters. The maximum Gasteiger partial charge on any atom is 0.189 e. The van der Waals surface area contributed by atoms with Crippen LogP contribution >= 0.6 is 11.6 Å². The second kappa shape index (κ2) is 4.74. The summed E-state index contributed by atoms with van der Waals surface area (Å²) < 4.78 is 16.5. The third-order valence-corrected chi connectivity index (χ3v) is 2.75. The second-order valence-electron chi connectivity index (χ2n) is 2.83. The highest BCUT2D eigenvalue weighted by Gasteiger charge is 2.05. The third-order valence-electron chi connectivity index (χ3n) is 1.29. The zero-order chi connectivity index (χ0) is 9.84. The smallest absolute Gasteiger partial charge is 0.189 e. The van der Waals surface area contributed by atoms with Crippen molar-refractivity contribution in [1.29, 1.82) is 0 Å². The first-order chi connectivity index (χ1) is 6.09. The quantitative estimate of drug-likeness (QED) is 0.780. The Kier molecular flexibility index (Phi) is 3.90. The summed E-state index contributed by atoms with van der Waals surface area (Å²) in [4.78, 5) is 0.637. The number of hydrogen-bond donors (Lipinski definition) is 0. The van der Waals surface area contributed by atoms with Gasteiger partial charge in [-0.25, -0.2) is 4.21 Å². The van der Waals surface area contributed by atoms with Crippen LogP contribution in [-0.2, 0) is 15.3 Å². The number of halogens is 1. The van der Waals surface area contributed by atoms with Crippen LogP contribution in [0.1, 0.15) is 13.8 Å². The summed E-state index contributed by atoms with van der Waals surface area (Å²) in [5.74, 6) is 0. The van der Waals surface area contributed by atoms with Gasteiger partial charge in [0.15, 0.2) is 11.1 Å². The van der Waals surface area contributed by atoms with Crippen LogP contribution in [-0.4, -0.2) is 10.3 Å². The van der Waals surface area contributed by atoms with Crippen molar-refractivity contribution in [3.05, 3.63) is 29.3 Å². The van der Waals surface area contributed by atoms with Crippen LogP contribution in [0.3, 0.4) is 0 Å². The second-order valence-corrected chi connectivity index (χ2v) is 4.40. The van der Waals surface area contributed by atoms with Gasteiger partial charge in [0.25, 0.3) is 0 Å². The van der Waals surface area contributed by atoms with Gasteiger partial charge in [-0.3, -0.25) is 4.18 Å². The topological polar surface area (TPSA) is 26.3 Å². The molecular formula is C9H11ClO2S. The molecule has 1 rings (SSSR count). The standard InChI is InChI=1S/C9H11ClO2S/c1-7(2)12-13(11)9-5-3-8(10)4-6-9/h3-7H,1-2H3/t13-/m1/s1. The number of benzene rings is 1. The SMILES string of the molecule is CC(C)O[S@@](=O)c1ccc(Cl)cc1. The molecular weight excluding hydrogens is 208 g/mol. The van der Waals surface area contributed by atoms with Crippen LogP contribution in [0.5, 0.6) is 0 Å². The van der Waals surface area contributed by atoms with E-state index in [1.54, 1.807) is 24.3 Å². The molecule has 0 fully saturated rings. The molecule has 13 heavy (non-hydrogen) atoms. The molecule has 0 aromatic heterocycles. The van der Waals surface area contributed by atoms with Crippen molar-refractivity contribution in [2.75, 3.05) is 0 Å². The van der Waals surface area contributed by atoms with E-state index in [1.807, 2.05) is 13.8 Å². The molecule has 0 radical (unpaired) electrons. The third kappa shape index (κ3) is 3.46. The Balaban J connectivity index is 2.72. The molecule has 0 spiro atoms. The molecule has 1 aromatic carbocycles. The van der Waals surface area contributed by atoms with Crippen LogP contribution in [0.4, 0.5) is 0 Å². The van der Waals surface area contributed by atoms with Gasteiger partial charge in [-0.2, -0.15) is 0 Å². The molecule has 0 saturated heterocycles. The zero-order valence-electron chi connectivity index (χ0n) is 7.49. The fourth-order valence-corrected chi connectivity index (χ4v) is 1.72. The first-order valence-electron chi connectivity index (χ1n) is 3.94. The molecule has 1 aromatic rings. The molecule has 0 aliphatic carbocycles. The Morgan fingerprint density at radius 1 is 1.31 bits per heavy atom. The van der Waals surface area contributed by atoms with E-state index >= 15 is 0 Å². The van der Waals surface area contributed by atoms with Crippen LogP contribution in [0.15, 0.2) is 29.2 Å². The monoisotopic (exact) mass is 218 g/mol. The maximum atomic E-state index is 11.4. The fourth-order valence-electron chi connectivity index (χ4n) is 0.776. The molecule has 4 heteroatoms. The van der Waals surface area contributed by atoms with Gasteiger partial charge in [0.2, 0.25) is 0 Å². The summed E-state index contributed by atoms with van der Waals surface area (Å²) in [6, 6.07) is 6.78. The molecule has 0 aliphatic rings.